The zero-order valence-electron chi connectivity index (χ0n) is 58.1. The number of rotatable bonds is 72. The molecule has 0 amide bonds. The molecule has 0 rings (SSSR count). The van der Waals surface area contributed by atoms with Gasteiger partial charge >= 0.3 is 39.5 Å². The second-order valence-electron chi connectivity index (χ2n) is 25.6. The molecule has 0 aromatic carbocycles. The highest BCUT2D eigenvalue weighted by Gasteiger charge is 2.30. The van der Waals surface area contributed by atoms with E-state index < -0.39 is 97.5 Å². The lowest BCUT2D eigenvalue weighted by Crippen LogP contribution is -2.30. The average molecular weight is 1330 g/mol. The fraction of sp³-hybridized carbons (Fsp3) is 0.944. The monoisotopic (exact) mass is 1320 g/mol. The summed E-state index contributed by atoms with van der Waals surface area (Å²) in [6, 6.07) is 0. The Hall–Kier alpha value is -1.94. The van der Waals surface area contributed by atoms with Crippen molar-refractivity contribution in [2.24, 2.45) is 0 Å². The van der Waals surface area contributed by atoms with Gasteiger partial charge in [-0.3, -0.25) is 37.3 Å². The van der Waals surface area contributed by atoms with Crippen LogP contribution in [-0.4, -0.2) is 96.7 Å². The van der Waals surface area contributed by atoms with Gasteiger partial charge in [0.15, 0.2) is 12.2 Å². The number of phosphoric acid groups is 2. The van der Waals surface area contributed by atoms with E-state index in [4.69, 9.17) is 37.0 Å². The van der Waals surface area contributed by atoms with E-state index in [1.165, 1.54) is 193 Å². The number of aliphatic hydroxyl groups is 1. The number of carbonyl (C=O) groups excluding carboxylic acids is 4. The van der Waals surface area contributed by atoms with E-state index in [0.29, 0.717) is 25.7 Å². The Kier molecular flexibility index (Phi) is 64.3. The van der Waals surface area contributed by atoms with Crippen LogP contribution in [0.4, 0.5) is 0 Å². The molecule has 3 N–H and O–H groups in total. The first-order chi connectivity index (χ1) is 43.7. The second kappa shape index (κ2) is 65.7. The van der Waals surface area contributed by atoms with Crippen molar-refractivity contribution in [2.45, 2.75) is 393 Å². The first kappa shape index (κ1) is 88.1. The SMILES string of the molecule is CCCCCCCCCCCCCCCCCCC(=O)O[C@H](COC(=O)CCCCCCCCCCCCCCCCC)COP(=O)(O)OC[C@@H](O)COP(=O)(O)OC[C@@H](COC(=O)CCCCCCCCC)OC(=O)CCCCCCCCCCCCCC. The molecule has 0 saturated carbocycles. The molecule has 0 spiro atoms. The summed E-state index contributed by atoms with van der Waals surface area (Å²) < 4.78 is 68.2. The Bertz CT molecular complexity index is 1720. The lowest BCUT2D eigenvalue weighted by atomic mass is 10.0. The van der Waals surface area contributed by atoms with Gasteiger partial charge in [0.1, 0.15) is 19.3 Å². The highest BCUT2D eigenvalue weighted by molar-refractivity contribution is 7.47. The molecule has 0 aliphatic carbocycles. The van der Waals surface area contributed by atoms with Crippen LogP contribution in [0.3, 0.4) is 0 Å². The van der Waals surface area contributed by atoms with Crippen LogP contribution in [0.15, 0.2) is 0 Å². The minimum atomic E-state index is -4.95. The van der Waals surface area contributed by atoms with E-state index in [2.05, 4.69) is 27.7 Å². The van der Waals surface area contributed by atoms with Crippen LogP contribution in [-0.2, 0) is 65.4 Å². The number of phosphoric ester groups is 2. The number of ether oxygens (including phenoxy) is 4. The highest BCUT2D eigenvalue weighted by atomic mass is 31.2. The molecule has 0 aliphatic rings. The molecule has 2 unspecified atom stereocenters. The van der Waals surface area contributed by atoms with Crippen molar-refractivity contribution < 1.29 is 80.2 Å². The number of carbonyl (C=O) groups is 4. The number of unbranched alkanes of at least 4 members (excludes halogenated alkanes) is 46. The normalized spacial score (nSPS) is 14.0. The molecular weight excluding hydrogens is 1190 g/mol. The number of aliphatic hydroxyl groups excluding tert-OH is 1. The zero-order valence-corrected chi connectivity index (χ0v) is 59.9. The third-order valence-corrected chi connectivity index (χ3v) is 18.5. The van der Waals surface area contributed by atoms with E-state index in [-0.39, 0.29) is 25.7 Å². The van der Waals surface area contributed by atoms with Gasteiger partial charge in [-0.1, -0.05) is 323 Å². The van der Waals surface area contributed by atoms with Crippen LogP contribution in [0.5, 0.6) is 0 Å². The number of hydrogen-bond donors (Lipinski definition) is 3. The van der Waals surface area contributed by atoms with Gasteiger partial charge in [-0.05, 0) is 25.7 Å². The molecule has 0 radical (unpaired) electrons. The smallest absolute Gasteiger partial charge is 0.462 e. The third-order valence-electron chi connectivity index (χ3n) is 16.6. The van der Waals surface area contributed by atoms with Gasteiger partial charge in [-0.15, -0.1) is 0 Å². The maximum Gasteiger partial charge on any atom is 0.472 e. The standard InChI is InChI=1S/C71H138O17P2/c1-5-9-13-17-21-24-27-30-32-34-36-39-42-46-50-54-58-71(76)88-67(62-82-69(74)56-52-48-44-40-38-35-33-31-28-25-22-18-14-10-6-2)64-86-90(79,80)84-60-65(72)59-83-89(77,78)85-63-66(61-81-68(73)55-51-47-43-20-16-12-8-4)87-70(75)57-53-49-45-41-37-29-26-23-19-15-11-7-3/h65-67,72H,5-64H2,1-4H3,(H,77,78)(H,79,80)/t65-,66+,67+/m0/s1. The van der Waals surface area contributed by atoms with Crippen molar-refractivity contribution in [3.63, 3.8) is 0 Å². The number of hydrogen-bond acceptors (Lipinski definition) is 15. The van der Waals surface area contributed by atoms with Crippen molar-refractivity contribution in [3.8, 4) is 0 Å². The van der Waals surface area contributed by atoms with Gasteiger partial charge in [0.05, 0.1) is 26.4 Å². The van der Waals surface area contributed by atoms with Gasteiger partial charge in [-0.25, -0.2) is 9.13 Å². The fourth-order valence-electron chi connectivity index (χ4n) is 10.9. The van der Waals surface area contributed by atoms with E-state index >= 15 is 0 Å². The van der Waals surface area contributed by atoms with Crippen LogP contribution in [0, 0.1) is 0 Å². The first-order valence-corrected chi connectivity index (χ1v) is 40.3. The maximum absolute atomic E-state index is 13.0. The molecule has 5 atom stereocenters. The molecule has 534 valence electrons. The summed E-state index contributed by atoms with van der Waals surface area (Å²) >= 11 is 0. The maximum atomic E-state index is 13.0. The van der Waals surface area contributed by atoms with Gasteiger partial charge < -0.3 is 33.8 Å². The molecule has 17 nitrogen and oxygen atoms in total. The summed E-state index contributed by atoms with van der Waals surface area (Å²) in [7, 11) is -9.89. The van der Waals surface area contributed by atoms with Crippen LogP contribution in [0.1, 0.15) is 374 Å². The highest BCUT2D eigenvalue weighted by Crippen LogP contribution is 2.45. The first-order valence-electron chi connectivity index (χ1n) is 37.3. The Morgan fingerprint density at radius 2 is 0.444 bits per heavy atom. The summed E-state index contributed by atoms with van der Waals surface area (Å²) in [5, 5.41) is 10.6. The molecule has 0 aromatic heterocycles. The second-order valence-corrected chi connectivity index (χ2v) is 28.5. The Morgan fingerprint density at radius 3 is 0.656 bits per heavy atom. The molecule has 90 heavy (non-hydrogen) atoms. The summed E-state index contributed by atoms with van der Waals surface area (Å²) in [6.07, 6.45) is 54.1. The van der Waals surface area contributed by atoms with Crippen molar-refractivity contribution >= 4 is 39.5 Å². The van der Waals surface area contributed by atoms with Crippen LogP contribution >= 0.6 is 15.6 Å². The summed E-state index contributed by atoms with van der Waals surface area (Å²) in [4.78, 5) is 72.5. The summed E-state index contributed by atoms with van der Waals surface area (Å²) in [5.74, 6) is -2.12. The molecule has 0 saturated heterocycles. The topological polar surface area (TPSA) is 237 Å². The molecule has 0 bridgehead atoms. The third kappa shape index (κ3) is 64.8. The molecule has 0 aromatic rings. The van der Waals surface area contributed by atoms with Gasteiger partial charge in [0, 0.05) is 25.7 Å². The predicted octanol–water partition coefficient (Wildman–Crippen LogP) is 20.7. The molecule has 19 heteroatoms. The lowest BCUT2D eigenvalue weighted by Gasteiger charge is -2.21. The van der Waals surface area contributed by atoms with Crippen LogP contribution in [0.25, 0.3) is 0 Å². The molecule has 0 heterocycles. The number of esters is 4. The predicted molar refractivity (Wildman–Crippen MR) is 363 cm³/mol. The molecule has 0 aliphatic heterocycles. The largest absolute Gasteiger partial charge is 0.472 e. The van der Waals surface area contributed by atoms with Crippen molar-refractivity contribution in [1.29, 1.82) is 0 Å². The Morgan fingerprint density at radius 1 is 0.267 bits per heavy atom. The van der Waals surface area contributed by atoms with E-state index in [9.17, 15) is 43.2 Å². The molecule has 0 fully saturated rings. The van der Waals surface area contributed by atoms with Crippen molar-refractivity contribution in [3.05, 3.63) is 0 Å². The Labute approximate surface area is 549 Å². The van der Waals surface area contributed by atoms with Gasteiger partial charge in [0.2, 0.25) is 0 Å². The van der Waals surface area contributed by atoms with E-state index in [1.807, 2.05) is 0 Å². The average Bonchev–Trinajstić information content (AvgIpc) is 2.93. The minimum Gasteiger partial charge on any atom is -0.462 e. The van der Waals surface area contributed by atoms with E-state index in [1.54, 1.807) is 0 Å². The van der Waals surface area contributed by atoms with Gasteiger partial charge in [-0.2, -0.15) is 0 Å². The lowest BCUT2D eigenvalue weighted by molar-refractivity contribution is -0.161. The van der Waals surface area contributed by atoms with Crippen molar-refractivity contribution in [2.75, 3.05) is 39.6 Å². The minimum absolute atomic E-state index is 0.107. The Balaban J connectivity index is 5.20. The summed E-state index contributed by atoms with van der Waals surface area (Å²) in [6.45, 7) is 4.92. The fourth-order valence-corrected chi connectivity index (χ4v) is 12.4. The van der Waals surface area contributed by atoms with Crippen LogP contribution < -0.4 is 0 Å². The zero-order chi connectivity index (χ0) is 66.1. The molecular formula is C71H138O17P2. The summed E-state index contributed by atoms with van der Waals surface area (Å²) in [5.41, 5.74) is 0. The van der Waals surface area contributed by atoms with Gasteiger partial charge in [0.25, 0.3) is 0 Å². The van der Waals surface area contributed by atoms with E-state index in [0.717, 1.165) is 103 Å². The quantitative estimate of drug-likeness (QED) is 0.0222. The van der Waals surface area contributed by atoms with Crippen LogP contribution in [0.2, 0.25) is 0 Å². The van der Waals surface area contributed by atoms with Crippen molar-refractivity contribution in [1.82, 2.24) is 0 Å².